The highest BCUT2D eigenvalue weighted by Gasteiger charge is 2.44. The molecule has 1 aliphatic rings. The van der Waals surface area contributed by atoms with Crippen LogP contribution in [0.5, 0.6) is 5.75 Å². The van der Waals surface area contributed by atoms with Crippen molar-refractivity contribution < 1.29 is 28.6 Å². The van der Waals surface area contributed by atoms with E-state index in [0.29, 0.717) is 17.9 Å². The van der Waals surface area contributed by atoms with Crippen molar-refractivity contribution in [3.8, 4) is 5.75 Å². The van der Waals surface area contributed by atoms with Crippen LogP contribution in [0, 0.1) is 0 Å². The van der Waals surface area contributed by atoms with Crippen LogP contribution in [-0.4, -0.2) is 48.6 Å². The Morgan fingerprint density at radius 1 is 1.30 bits per heavy atom. The van der Waals surface area contributed by atoms with Crippen LogP contribution in [0.2, 0.25) is 0 Å². The monoisotopic (exact) mass is 371 g/mol. The van der Waals surface area contributed by atoms with Crippen LogP contribution in [0.4, 0.5) is 0 Å². The van der Waals surface area contributed by atoms with Gasteiger partial charge in [0.05, 0.1) is 31.1 Å². The summed E-state index contributed by atoms with van der Waals surface area (Å²) >= 11 is 0. The fourth-order valence-electron chi connectivity index (χ4n) is 3.13. The first-order valence-electron chi connectivity index (χ1n) is 8.62. The molecule has 1 N–H and O–H groups in total. The fourth-order valence-corrected chi connectivity index (χ4v) is 3.13. The van der Waals surface area contributed by atoms with E-state index in [1.807, 2.05) is 6.92 Å². The highest BCUT2D eigenvalue weighted by molar-refractivity contribution is 6.15. The Morgan fingerprint density at radius 3 is 2.78 bits per heavy atom. The van der Waals surface area contributed by atoms with Gasteiger partial charge >= 0.3 is 0 Å². The lowest BCUT2D eigenvalue weighted by Crippen LogP contribution is -2.34. The van der Waals surface area contributed by atoms with Gasteiger partial charge in [-0.15, -0.1) is 0 Å². The fraction of sp³-hybridized carbons (Fsp3) is 0.300. The molecule has 0 unspecified atom stereocenters. The van der Waals surface area contributed by atoms with Crippen molar-refractivity contribution in [3.05, 3.63) is 65.3 Å². The quantitative estimate of drug-likeness (QED) is 0.718. The lowest BCUT2D eigenvalue weighted by Gasteiger charge is -2.26. The molecule has 1 aliphatic heterocycles. The van der Waals surface area contributed by atoms with Gasteiger partial charge in [-0.25, -0.2) is 0 Å². The van der Waals surface area contributed by atoms with Crippen LogP contribution in [-0.2, 0) is 9.53 Å². The van der Waals surface area contributed by atoms with Gasteiger partial charge in [0, 0.05) is 13.7 Å². The lowest BCUT2D eigenvalue weighted by atomic mass is 9.95. The number of Topliss-reactive ketones (excluding diaryl/α,β-unsaturated/α-hetero) is 1. The number of rotatable bonds is 8. The Bertz CT molecular complexity index is 855. The molecule has 0 bridgehead atoms. The number of methoxy groups -OCH3 is 1. The zero-order valence-corrected chi connectivity index (χ0v) is 15.2. The molecule has 7 nitrogen and oxygen atoms in total. The number of furan rings is 1. The van der Waals surface area contributed by atoms with Gasteiger partial charge in [0.1, 0.15) is 5.75 Å². The maximum atomic E-state index is 12.9. The molecule has 0 spiro atoms. The van der Waals surface area contributed by atoms with Crippen LogP contribution in [0.15, 0.2) is 58.4 Å². The van der Waals surface area contributed by atoms with Gasteiger partial charge < -0.3 is 23.9 Å². The number of hydrogen-bond donors (Lipinski definition) is 1. The first-order chi connectivity index (χ1) is 13.1. The number of amides is 1. The highest BCUT2D eigenvalue weighted by atomic mass is 16.5. The van der Waals surface area contributed by atoms with E-state index in [-0.39, 0.29) is 24.5 Å². The van der Waals surface area contributed by atoms with E-state index in [0.717, 1.165) is 0 Å². The largest absolute Gasteiger partial charge is 0.503 e. The number of hydrogen-bond acceptors (Lipinski definition) is 6. The molecule has 0 saturated carbocycles. The molecule has 2 aromatic rings. The number of aliphatic hydroxyl groups excluding tert-OH is 1. The summed E-state index contributed by atoms with van der Waals surface area (Å²) in [6, 6.07) is 9.44. The summed E-state index contributed by atoms with van der Waals surface area (Å²) in [5.74, 6) is -1.04. The molecule has 2 heterocycles. The van der Waals surface area contributed by atoms with Crippen molar-refractivity contribution in [1.82, 2.24) is 4.90 Å². The third kappa shape index (κ3) is 3.59. The Morgan fingerprint density at radius 2 is 2.11 bits per heavy atom. The summed E-state index contributed by atoms with van der Waals surface area (Å²) in [6.07, 6.45) is 1.37. The molecule has 7 heteroatoms. The average molecular weight is 371 g/mol. The molecule has 1 atom stereocenters. The zero-order chi connectivity index (χ0) is 19.4. The molecule has 1 amide bonds. The van der Waals surface area contributed by atoms with E-state index in [2.05, 4.69) is 0 Å². The summed E-state index contributed by atoms with van der Waals surface area (Å²) in [7, 11) is 1.52. The van der Waals surface area contributed by atoms with Gasteiger partial charge in [-0.05, 0) is 36.8 Å². The number of aliphatic hydroxyl groups is 1. The van der Waals surface area contributed by atoms with E-state index in [1.165, 1.54) is 24.3 Å². The van der Waals surface area contributed by atoms with Gasteiger partial charge in [0.25, 0.3) is 5.91 Å². The third-order valence-corrected chi connectivity index (χ3v) is 4.31. The summed E-state index contributed by atoms with van der Waals surface area (Å²) in [6.45, 7) is 2.84. The maximum Gasteiger partial charge on any atom is 0.290 e. The van der Waals surface area contributed by atoms with Crippen LogP contribution in [0.1, 0.15) is 29.1 Å². The first-order valence-corrected chi connectivity index (χ1v) is 8.62. The van der Waals surface area contributed by atoms with Gasteiger partial charge in [0.15, 0.2) is 11.5 Å². The Hall–Kier alpha value is -3.06. The molecule has 142 valence electrons. The molecule has 0 saturated heterocycles. The van der Waals surface area contributed by atoms with Crippen molar-refractivity contribution in [2.75, 3.05) is 26.9 Å². The van der Waals surface area contributed by atoms with Gasteiger partial charge in [-0.2, -0.15) is 0 Å². The van der Waals surface area contributed by atoms with E-state index in [1.54, 1.807) is 30.3 Å². The number of ether oxygens (including phenoxy) is 2. The predicted molar refractivity (Wildman–Crippen MR) is 96.6 cm³/mol. The second-order valence-electron chi connectivity index (χ2n) is 5.97. The minimum Gasteiger partial charge on any atom is -0.503 e. The zero-order valence-electron chi connectivity index (χ0n) is 15.2. The topological polar surface area (TPSA) is 89.2 Å². The van der Waals surface area contributed by atoms with Crippen molar-refractivity contribution in [3.63, 3.8) is 0 Å². The van der Waals surface area contributed by atoms with Crippen LogP contribution >= 0.6 is 0 Å². The Labute approximate surface area is 156 Å². The van der Waals surface area contributed by atoms with Gasteiger partial charge in [0.2, 0.25) is 5.78 Å². The molecular formula is C20H21NO6. The van der Waals surface area contributed by atoms with Crippen LogP contribution in [0.3, 0.4) is 0 Å². The minimum atomic E-state index is -0.759. The van der Waals surface area contributed by atoms with E-state index < -0.39 is 23.5 Å². The molecule has 27 heavy (non-hydrogen) atoms. The van der Waals surface area contributed by atoms with E-state index in [4.69, 9.17) is 13.9 Å². The summed E-state index contributed by atoms with van der Waals surface area (Å²) in [5, 5.41) is 10.5. The molecular weight excluding hydrogens is 350 g/mol. The molecule has 3 rings (SSSR count). The Kier molecular flexibility index (Phi) is 5.61. The number of ketones is 1. The molecule has 1 aromatic heterocycles. The van der Waals surface area contributed by atoms with E-state index >= 15 is 0 Å². The second kappa shape index (κ2) is 8.09. The highest BCUT2D eigenvalue weighted by Crippen LogP contribution is 2.39. The number of carbonyl (C=O) groups excluding carboxylic acids is 2. The minimum absolute atomic E-state index is 0.0142. The molecule has 1 aromatic carbocycles. The maximum absolute atomic E-state index is 12.9. The van der Waals surface area contributed by atoms with Crippen LogP contribution in [0.25, 0.3) is 0 Å². The van der Waals surface area contributed by atoms with Crippen molar-refractivity contribution >= 4 is 11.7 Å². The second-order valence-corrected chi connectivity index (χ2v) is 5.97. The Balaban J connectivity index is 2.06. The van der Waals surface area contributed by atoms with Crippen molar-refractivity contribution in [2.24, 2.45) is 0 Å². The van der Waals surface area contributed by atoms with Crippen LogP contribution < -0.4 is 4.74 Å². The summed E-state index contributed by atoms with van der Waals surface area (Å²) in [5.41, 5.74) is 0.643. The number of carbonyl (C=O) groups is 2. The van der Waals surface area contributed by atoms with Gasteiger partial charge in [-0.3, -0.25) is 9.59 Å². The smallest absolute Gasteiger partial charge is 0.290 e. The molecule has 0 radical (unpaired) electrons. The third-order valence-electron chi connectivity index (χ3n) is 4.31. The number of benzene rings is 1. The average Bonchev–Trinajstić information content (AvgIpc) is 3.28. The lowest BCUT2D eigenvalue weighted by molar-refractivity contribution is -0.130. The number of nitrogens with zero attached hydrogens (tertiary/aromatic N) is 1. The predicted octanol–water partition coefficient (Wildman–Crippen LogP) is 2.90. The summed E-state index contributed by atoms with van der Waals surface area (Å²) in [4.78, 5) is 27.0. The standard InChI is InChI=1S/C20H21NO6/c1-3-26-14-7-4-6-13(12-14)17-16(18(22)15-8-5-10-27-15)19(23)20(24)21(17)9-11-25-2/h4-8,10,12,17,23H,3,9,11H2,1-2H3/t17-/m1/s1. The van der Waals surface area contributed by atoms with E-state index in [9.17, 15) is 14.7 Å². The molecule has 0 aliphatic carbocycles. The van der Waals surface area contributed by atoms with Crippen molar-refractivity contribution in [2.45, 2.75) is 13.0 Å². The SMILES string of the molecule is CCOc1cccc([C@@H]2C(C(=O)c3ccco3)=C(O)C(=O)N2CCOC)c1. The van der Waals surface area contributed by atoms with Crippen molar-refractivity contribution in [1.29, 1.82) is 0 Å². The molecule has 0 fully saturated rings. The normalized spacial score (nSPS) is 16.9. The first kappa shape index (κ1) is 18.7. The van der Waals surface area contributed by atoms with Gasteiger partial charge in [-0.1, -0.05) is 12.1 Å². The summed E-state index contributed by atoms with van der Waals surface area (Å²) < 4.78 is 15.8.